The maximum atomic E-state index is 13.5. The summed E-state index contributed by atoms with van der Waals surface area (Å²) in [7, 11) is -0.442. The van der Waals surface area contributed by atoms with Crippen LogP contribution in [-0.4, -0.2) is 34.7 Å². The molecule has 2 aromatic carbocycles. The molecule has 28 heavy (non-hydrogen) atoms. The van der Waals surface area contributed by atoms with Gasteiger partial charge >= 0.3 is 0 Å². The number of hydrogen-bond acceptors (Lipinski definition) is 4. The molecule has 0 aromatic heterocycles. The van der Waals surface area contributed by atoms with E-state index in [1.54, 1.807) is 49.1 Å². The number of rotatable bonds is 8. The molecular weight excluding hydrogens is 399 g/mol. The quantitative estimate of drug-likeness (QED) is 0.448. The minimum Gasteiger partial charge on any atom is -0.352 e. The summed E-state index contributed by atoms with van der Waals surface area (Å²) in [5, 5.41) is 6.37. The van der Waals surface area contributed by atoms with E-state index in [-0.39, 0.29) is 10.7 Å². The van der Waals surface area contributed by atoms with Crippen LogP contribution in [0.25, 0.3) is 0 Å². The highest BCUT2D eigenvalue weighted by Crippen LogP contribution is 2.16. The van der Waals surface area contributed by atoms with Crippen molar-refractivity contribution in [2.24, 2.45) is 4.99 Å². The van der Waals surface area contributed by atoms with Crippen molar-refractivity contribution in [3.8, 4) is 0 Å². The summed E-state index contributed by atoms with van der Waals surface area (Å²) < 4.78 is 39.6. The highest BCUT2D eigenvalue weighted by Gasteiger charge is 2.11. The van der Waals surface area contributed by atoms with E-state index in [0.717, 1.165) is 22.4 Å². The second-order valence-corrected chi connectivity index (χ2v) is 8.73. The minimum absolute atomic E-state index is 0.213. The Morgan fingerprint density at radius 3 is 2.54 bits per heavy atom. The van der Waals surface area contributed by atoms with Gasteiger partial charge < -0.3 is 10.6 Å². The molecule has 0 saturated carbocycles. The molecule has 3 N–H and O–H groups in total. The van der Waals surface area contributed by atoms with E-state index in [0.29, 0.717) is 19.0 Å². The van der Waals surface area contributed by atoms with Crippen LogP contribution in [0.5, 0.6) is 0 Å². The molecule has 0 amide bonds. The van der Waals surface area contributed by atoms with E-state index in [2.05, 4.69) is 20.3 Å². The third-order valence-electron chi connectivity index (χ3n) is 4.08. The molecule has 0 atom stereocenters. The fourth-order valence-corrected chi connectivity index (χ4v) is 3.96. The van der Waals surface area contributed by atoms with Gasteiger partial charge in [-0.25, -0.2) is 17.5 Å². The SMILES string of the molecule is CN=C(NCc1cccc(S(=O)(=O)NC)c1)NCc1ccc(F)cc1CSC. The standard InChI is InChI=1S/C19H25FN4O2S2/c1-21-19(24-12-15-7-8-17(20)10-16(15)13-27-3)23-11-14-5-4-6-18(9-14)28(25,26)22-2/h4-10,22H,11-13H2,1-3H3,(H2,21,23,24). The lowest BCUT2D eigenvalue weighted by atomic mass is 10.1. The van der Waals surface area contributed by atoms with Crippen molar-refractivity contribution >= 4 is 27.7 Å². The number of aliphatic imine (C=N–C) groups is 1. The van der Waals surface area contributed by atoms with Crippen LogP contribution in [-0.2, 0) is 28.9 Å². The third-order valence-corrected chi connectivity index (χ3v) is 6.09. The molecule has 2 rings (SSSR count). The van der Waals surface area contributed by atoms with Gasteiger partial charge in [0, 0.05) is 25.9 Å². The molecule has 6 nitrogen and oxygen atoms in total. The monoisotopic (exact) mass is 424 g/mol. The summed E-state index contributed by atoms with van der Waals surface area (Å²) >= 11 is 1.64. The van der Waals surface area contributed by atoms with E-state index >= 15 is 0 Å². The number of guanidine groups is 1. The molecule has 152 valence electrons. The van der Waals surface area contributed by atoms with Gasteiger partial charge in [0.05, 0.1) is 4.90 Å². The summed E-state index contributed by atoms with van der Waals surface area (Å²) in [5.74, 6) is 1.06. The lowest BCUT2D eigenvalue weighted by Crippen LogP contribution is -2.36. The molecule has 9 heteroatoms. The molecule has 0 bridgehead atoms. The van der Waals surface area contributed by atoms with Gasteiger partial charge in [0.25, 0.3) is 0 Å². The number of nitrogens with zero attached hydrogens (tertiary/aromatic N) is 1. The van der Waals surface area contributed by atoms with Crippen LogP contribution < -0.4 is 15.4 Å². The van der Waals surface area contributed by atoms with Gasteiger partial charge in [0.15, 0.2) is 5.96 Å². The Morgan fingerprint density at radius 1 is 1.11 bits per heavy atom. The zero-order valence-corrected chi connectivity index (χ0v) is 17.8. The Morgan fingerprint density at radius 2 is 1.86 bits per heavy atom. The maximum absolute atomic E-state index is 13.5. The molecule has 0 radical (unpaired) electrons. The van der Waals surface area contributed by atoms with E-state index < -0.39 is 10.0 Å². The lowest BCUT2D eigenvalue weighted by Gasteiger charge is -2.14. The highest BCUT2D eigenvalue weighted by atomic mass is 32.2. The van der Waals surface area contributed by atoms with Gasteiger partial charge in [-0.1, -0.05) is 18.2 Å². The smallest absolute Gasteiger partial charge is 0.240 e. The number of thioether (sulfide) groups is 1. The van der Waals surface area contributed by atoms with Crippen LogP contribution in [0.4, 0.5) is 4.39 Å². The summed E-state index contributed by atoms with van der Waals surface area (Å²) in [6.45, 7) is 0.915. The highest BCUT2D eigenvalue weighted by molar-refractivity contribution is 7.97. The minimum atomic E-state index is -3.48. The van der Waals surface area contributed by atoms with Gasteiger partial charge in [0.1, 0.15) is 5.82 Å². The summed E-state index contributed by atoms with van der Waals surface area (Å²) in [6.07, 6.45) is 1.98. The zero-order valence-electron chi connectivity index (χ0n) is 16.1. The summed E-state index contributed by atoms with van der Waals surface area (Å²) in [5.41, 5.74) is 2.75. The Kier molecular flexibility index (Phi) is 8.28. The zero-order chi connectivity index (χ0) is 20.6. The number of sulfonamides is 1. The predicted octanol–water partition coefficient (Wildman–Crippen LogP) is 2.46. The van der Waals surface area contributed by atoms with E-state index in [9.17, 15) is 12.8 Å². The van der Waals surface area contributed by atoms with Crippen molar-refractivity contribution in [2.75, 3.05) is 20.4 Å². The van der Waals surface area contributed by atoms with Crippen molar-refractivity contribution in [3.05, 3.63) is 65.0 Å². The van der Waals surface area contributed by atoms with Gasteiger partial charge in [-0.3, -0.25) is 4.99 Å². The summed E-state index contributed by atoms with van der Waals surface area (Å²) in [4.78, 5) is 4.40. The van der Waals surface area contributed by atoms with Crippen LogP contribution in [0, 0.1) is 5.82 Å². The van der Waals surface area contributed by atoms with Crippen LogP contribution in [0.15, 0.2) is 52.4 Å². The van der Waals surface area contributed by atoms with Gasteiger partial charge in [-0.05, 0) is 54.3 Å². The Labute approximate surface area is 170 Å². The molecule has 0 aliphatic carbocycles. The molecule has 0 unspecified atom stereocenters. The third kappa shape index (κ3) is 6.22. The van der Waals surface area contributed by atoms with Crippen LogP contribution in [0.2, 0.25) is 0 Å². The van der Waals surface area contributed by atoms with Crippen molar-refractivity contribution in [3.63, 3.8) is 0 Å². The second kappa shape index (κ2) is 10.4. The number of hydrogen-bond donors (Lipinski definition) is 3. The second-order valence-electron chi connectivity index (χ2n) is 5.98. The maximum Gasteiger partial charge on any atom is 0.240 e. The fourth-order valence-electron chi connectivity index (χ4n) is 2.58. The topological polar surface area (TPSA) is 82.6 Å². The van der Waals surface area contributed by atoms with Crippen LogP contribution in [0.3, 0.4) is 0 Å². The van der Waals surface area contributed by atoms with Gasteiger partial charge in [-0.2, -0.15) is 11.8 Å². The molecule has 0 saturated heterocycles. The van der Waals surface area contributed by atoms with Crippen LogP contribution in [0.1, 0.15) is 16.7 Å². The first-order valence-corrected chi connectivity index (χ1v) is 11.5. The van der Waals surface area contributed by atoms with Crippen molar-refractivity contribution in [1.29, 1.82) is 0 Å². The average molecular weight is 425 g/mol. The molecule has 0 heterocycles. The lowest BCUT2D eigenvalue weighted by molar-refractivity contribution is 0.588. The number of benzene rings is 2. The van der Waals surface area contributed by atoms with Crippen molar-refractivity contribution in [2.45, 2.75) is 23.7 Å². The number of halogens is 1. The van der Waals surface area contributed by atoms with Crippen molar-refractivity contribution < 1.29 is 12.8 Å². The first kappa shape index (κ1) is 22.2. The van der Waals surface area contributed by atoms with Gasteiger partial charge in [-0.15, -0.1) is 0 Å². The predicted molar refractivity (Wildman–Crippen MR) is 113 cm³/mol. The Balaban J connectivity index is 2.00. The number of nitrogens with one attached hydrogen (secondary N) is 3. The molecule has 0 aliphatic heterocycles. The molecular formula is C19H25FN4O2S2. The van der Waals surface area contributed by atoms with E-state index in [1.165, 1.54) is 13.1 Å². The molecule has 0 aliphatic rings. The Hall–Kier alpha value is -2.10. The Bertz CT molecular complexity index is 933. The van der Waals surface area contributed by atoms with Gasteiger partial charge in [0.2, 0.25) is 10.0 Å². The summed E-state index contributed by atoms with van der Waals surface area (Å²) in [6, 6.07) is 11.5. The average Bonchev–Trinajstić information content (AvgIpc) is 2.70. The first-order chi connectivity index (χ1) is 13.4. The van der Waals surface area contributed by atoms with Crippen molar-refractivity contribution in [1.82, 2.24) is 15.4 Å². The fraction of sp³-hybridized carbons (Fsp3) is 0.316. The normalized spacial score (nSPS) is 12.1. The molecule has 2 aromatic rings. The molecule has 0 fully saturated rings. The van der Waals surface area contributed by atoms with E-state index in [1.807, 2.05) is 12.3 Å². The molecule has 0 spiro atoms. The van der Waals surface area contributed by atoms with Crippen LogP contribution >= 0.6 is 11.8 Å². The largest absolute Gasteiger partial charge is 0.352 e. The first-order valence-electron chi connectivity index (χ1n) is 8.63. The van der Waals surface area contributed by atoms with E-state index in [4.69, 9.17) is 0 Å².